The Morgan fingerprint density at radius 1 is 1.00 bits per heavy atom. The molecule has 7 heteroatoms. The minimum atomic E-state index is 0. The molecule has 2 aromatic carbocycles. The maximum atomic E-state index is 12.3. The van der Waals surface area contributed by atoms with Crippen molar-refractivity contribution in [2.75, 3.05) is 31.6 Å². The van der Waals surface area contributed by atoms with Crippen LogP contribution in [0.5, 0.6) is 5.88 Å². The van der Waals surface area contributed by atoms with Gasteiger partial charge >= 0.3 is 0 Å². The third-order valence-electron chi connectivity index (χ3n) is 6.19. The molecule has 6 nitrogen and oxygen atoms in total. The van der Waals surface area contributed by atoms with Crippen LogP contribution in [0.1, 0.15) is 12.8 Å². The predicted molar refractivity (Wildman–Crippen MR) is 135 cm³/mol. The van der Waals surface area contributed by atoms with Gasteiger partial charge in [-0.05, 0) is 50.0 Å². The third kappa shape index (κ3) is 5.29. The maximum Gasteiger partial charge on any atom is 0.238 e. The topological polar surface area (TPSA) is 59.4 Å². The van der Waals surface area contributed by atoms with Crippen LogP contribution in [0.2, 0.25) is 0 Å². The van der Waals surface area contributed by atoms with Gasteiger partial charge < -0.3 is 14.6 Å². The van der Waals surface area contributed by atoms with E-state index in [-0.39, 0.29) is 18.3 Å². The number of rotatable bonds is 6. The summed E-state index contributed by atoms with van der Waals surface area (Å²) in [6, 6.07) is 17.8. The van der Waals surface area contributed by atoms with Crippen LogP contribution >= 0.6 is 12.4 Å². The lowest BCUT2D eigenvalue weighted by atomic mass is 9.98. The molecule has 2 aromatic heterocycles. The molecule has 1 saturated heterocycles. The van der Waals surface area contributed by atoms with Gasteiger partial charge in [0.2, 0.25) is 11.8 Å². The highest BCUT2D eigenvalue weighted by Crippen LogP contribution is 2.32. The average molecular weight is 465 g/mol. The van der Waals surface area contributed by atoms with E-state index < -0.39 is 0 Å². The van der Waals surface area contributed by atoms with Crippen LogP contribution in [-0.4, -0.2) is 46.6 Å². The van der Waals surface area contributed by atoms with Gasteiger partial charge in [0.05, 0.1) is 24.1 Å². The van der Waals surface area contributed by atoms with Gasteiger partial charge in [0.1, 0.15) is 0 Å². The lowest BCUT2D eigenvalue weighted by Gasteiger charge is -2.31. The molecule has 33 heavy (non-hydrogen) atoms. The quantitative estimate of drug-likeness (QED) is 0.442. The number of anilines is 1. The minimum Gasteiger partial charge on any atom is -0.477 e. The van der Waals surface area contributed by atoms with Crippen molar-refractivity contribution < 1.29 is 9.53 Å². The lowest BCUT2D eigenvalue weighted by Crippen LogP contribution is -2.40. The Morgan fingerprint density at radius 3 is 2.48 bits per heavy atom. The van der Waals surface area contributed by atoms with E-state index in [9.17, 15) is 4.79 Å². The van der Waals surface area contributed by atoms with Gasteiger partial charge in [-0.2, -0.15) is 0 Å². The van der Waals surface area contributed by atoms with Crippen molar-refractivity contribution >= 4 is 45.7 Å². The maximum absolute atomic E-state index is 12.3. The number of piperidine rings is 1. The summed E-state index contributed by atoms with van der Waals surface area (Å²) in [5, 5.41) is 6.35. The van der Waals surface area contributed by atoms with Gasteiger partial charge in [-0.1, -0.05) is 36.4 Å². The highest BCUT2D eigenvalue weighted by Gasteiger charge is 2.22. The van der Waals surface area contributed by atoms with Crippen LogP contribution in [0.4, 0.5) is 5.69 Å². The molecule has 0 saturated carbocycles. The summed E-state index contributed by atoms with van der Waals surface area (Å²) in [7, 11) is 2.03. The minimum absolute atomic E-state index is 0. The van der Waals surface area contributed by atoms with E-state index in [0.29, 0.717) is 24.9 Å². The van der Waals surface area contributed by atoms with Crippen molar-refractivity contribution in [1.82, 2.24) is 14.5 Å². The summed E-state index contributed by atoms with van der Waals surface area (Å²) >= 11 is 0. The van der Waals surface area contributed by atoms with E-state index in [1.54, 1.807) is 0 Å². The third-order valence-corrected chi connectivity index (χ3v) is 6.19. The fraction of sp³-hybridized carbons (Fsp3) is 0.308. The number of carbonyl (C=O) groups is 1. The summed E-state index contributed by atoms with van der Waals surface area (Å²) in [5.41, 5.74) is 1.80. The number of benzene rings is 2. The molecule has 172 valence electrons. The van der Waals surface area contributed by atoms with E-state index >= 15 is 0 Å². The number of nitrogens with zero attached hydrogens (tertiary/aromatic N) is 3. The number of ether oxygens (including phenoxy) is 1. The largest absolute Gasteiger partial charge is 0.477 e. The van der Waals surface area contributed by atoms with Gasteiger partial charge in [0.25, 0.3) is 0 Å². The number of amides is 1. The van der Waals surface area contributed by atoms with Gasteiger partial charge in [-0.3, -0.25) is 9.69 Å². The summed E-state index contributed by atoms with van der Waals surface area (Å²) < 4.78 is 8.31. The fourth-order valence-electron chi connectivity index (χ4n) is 4.48. The van der Waals surface area contributed by atoms with E-state index in [1.165, 1.54) is 5.39 Å². The monoisotopic (exact) mass is 464 g/mol. The second-order valence-corrected chi connectivity index (χ2v) is 8.63. The summed E-state index contributed by atoms with van der Waals surface area (Å²) in [4.78, 5) is 19.3. The Morgan fingerprint density at radius 2 is 1.70 bits per heavy atom. The SMILES string of the molecule is Cl.Cn1cc2c(OCC3CCN(CC(=O)Nc4ccccc4)CC3)nc3ccccc3c2c1. The molecule has 4 aromatic rings. The van der Waals surface area contributed by atoms with Gasteiger partial charge in [-0.15, -0.1) is 12.4 Å². The Kier molecular flexibility index (Phi) is 7.16. The number of fused-ring (bicyclic) bond motifs is 3. The van der Waals surface area contributed by atoms with Crippen molar-refractivity contribution in [1.29, 1.82) is 0 Å². The number of hydrogen-bond donors (Lipinski definition) is 1. The summed E-state index contributed by atoms with van der Waals surface area (Å²) in [6.07, 6.45) is 6.25. The fourth-order valence-corrected chi connectivity index (χ4v) is 4.48. The number of aromatic nitrogens is 2. The van der Waals surface area contributed by atoms with Crippen LogP contribution in [0.15, 0.2) is 67.0 Å². The molecule has 0 spiro atoms. The van der Waals surface area contributed by atoms with Gasteiger partial charge in [-0.25, -0.2) is 4.98 Å². The Hall–Kier alpha value is -3.09. The molecule has 0 aliphatic carbocycles. The van der Waals surface area contributed by atoms with Gasteiger partial charge in [0.15, 0.2) is 0 Å². The highest BCUT2D eigenvalue weighted by atomic mass is 35.5. The van der Waals surface area contributed by atoms with Crippen molar-refractivity contribution in [3.63, 3.8) is 0 Å². The molecule has 0 unspecified atom stereocenters. The first-order valence-electron chi connectivity index (χ1n) is 11.2. The second-order valence-electron chi connectivity index (χ2n) is 8.63. The standard InChI is InChI=1S/C26H28N4O2.ClH/c1-29-15-22-21-9-5-6-10-24(21)28-26(23(22)16-29)32-18-19-11-13-30(14-12-19)17-25(31)27-20-7-3-2-4-8-20;/h2-10,15-16,19H,11-14,17-18H2,1H3,(H,27,31);1H. The highest BCUT2D eigenvalue weighted by molar-refractivity contribution is 6.07. The first-order valence-corrected chi connectivity index (χ1v) is 11.2. The smallest absolute Gasteiger partial charge is 0.238 e. The van der Waals surface area contributed by atoms with Crippen molar-refractivity contribution in [2.45, 2.75) is 12.8 Å². The predicted octanol–water partition coefficient (Wildman–Crippen LogP) is 4.88. The molecular weight excluding hydrogens is 436 g/mol. The molecule has 5 rings (SSSR count). The van der Waals surface area contributed by atoms with Crippen LogP contribution in [0.25, 0.3) is 21.7 Å². The number of nitrogens with one attached hydrogen (secondary N) is 1. The van der Waals surface area contributed by atoms with E-state index in [1.807, 2.05) is 55.6 Å². The molecule has 0 bridgehead atoms. The molecule has 1 fully saturated rings. The summed E-state index contributed by atoms with van der Waals surface area (Å²) in [6.45, 7) is 2.89. The number of likely N-dealkylation sites (tertiary alicyclic amines) is 1. The Bertz CT molecular complexity index is 1230. The Balaban J connectivity index is 0.00000259. The van der Waals surface area contributed by atoms with Crippen molar-refractivity contribution in [3.05, 3.63) is 67.0 Å². The number of carbonyl (C=O) groups excluding carboxylic acids is 1. The van der Waals surface area contributed by atoms with E-state index in [2.05, 4.69) is 33.2 Å². The van der Waals surface area contributed by atoms with Crippen molar-refractivity contribution in [2.24, 2.45) is 13.0 Å². The molecule has 1 N–H and O–H groups in total. The molecule has 1 aliphatic heterocycles. The van der Waals surface area contributed by atoms with Crippen LogP contribution < -0.4 is 10.1 Å². The number of pyridine rings is 1. The molecule has 1 amide bonds. The van der Waals surface area contributed by atoms with Crippen LogP contribution in [0.3, 0.4) is 0 Å². The molecule has 3 heterocycles. The second kappa shape index (κ2) is 10.2. The van der Waals surface area contributed by atoms with Crippen LogP contribution in [0, 0.1) is 5.92 Å². The zero-order valence-electron chi connectivity index (χ0n) is 18.7. The Labute approximate surface area is 200 Å². The molecule has 0 atom stereocenters. The zero-order valence-corrected chi connectivity index (χ0v) is 19.6. The van der Waals surface area contributed by atoms with Gasteiger partial charge in [0, 0.05) is 35.9 Å². The number of para-hydroxylation sites is 2. The summed E-state index contributed by atoms with van der Waals surface area (Å²) in [5.74, 6) is 1.22. The number of hydrogen-bond acceptors (Lipinski definition) is 4. The van der Waals surface area contributed by atoms with Crippen molar-refractivity contribution in [3.8, 4) is 5.88 Å². The number of aryl methyl sites for hydroxylation is 1. The molecule has 1 aliphatic rings. The zero-order chi connectivity index (χ0) is 21.9. The normalized spacial score (nSPS) is 14.8. The van der Waals surface area contributed by atoms with Crippen LogP contribution in [-0.2, 0) is 11.8 Å². The lowest BCUT2D eigenvalue weighted by molar-refractivity contribution is -0.117. The van der Waals surface area contributed by atoms with E-state index in [0.717, 1.165) is 47.9 Å². The average Bonchev–Trinajstić information content (AvgIpc) is 3.21. The first kappa shape index (κ1) is 23.1. The molecular formula is C26H29ClN4O2. The number of halogens is 1. The van der Waals surface area contributed by atoms with E-state index in [4.69, 9.17) is 9.72 Å². The molecule has 0 radical (unpaired) electrons. The first-order chi connectivity index (χ1) is 15.7.